The Morgan fingerprint density at radius 3 is 1.80 bits per heavy atom. The maximum absolute atomic E-state index is 3.36. The van der Waals surface area contributed by atoms with Gasteiger partial charge < -0.3 is 0 Å². The van der Waals surface area contributed by atoms with Gasteiger partial charge in [-0.3, -0.25) is 0 Å². The van der Waals surface area contributed by atoms with E-state index in [0.29, 0.717) is 10.9 Å². The molecule has 0 aliphatic heterocycles. The number of allylic oxidation sites excluding steroid dienone is 2. The van der Waals surface area contributed by atoms with Gasteiger partial charge in [-0.1, -0.05) is 82.3 Å². The van der Waals surface area contributed by atoms with Gasteiger partial charge in [0.2, 0.25) is 0 Å². The first-order valence-electron chi connectivity index (χ1n) is 7.69. The Bertz CT molecular complexity index is 315. The van der Waals surface area contributed by atoms with E-state index < -0.39 is 0 Å². The van der Waals surface area contributed by atoms with E-state index in [0.717, 1.165) is 0 Å². The lowest BCUT2D eigenvalue weighted by molar-refractivity contribution is 0.870. The molecule has 0 saturated heterocycles. The van der Waals surface area contributed by atoms with Gasteiger partial charge in [-0.25, -0.2) is 0 Å². The first kappa shape index (κ1) is 19.1. The molecule has 0 aliphatic rings. The summed E-state index contributed by atoms with van der Waals surface area (Å²) in [6, 6.07) is 11.0. The highest BCUT2D eigenvalue weighted by atomic mass is 32.2. The number of hydrogen-bond acceptors (Lipinski definition) is 0. The second-order valence-electron chi connectivity index (χ2n) is 4.83. The molecule has 0 bridgehead atoms. The quantitative estimate of drug-likeness (QED) is 0.400. The van der Waals surface area contributed by atoms with Crippen molar-refractivity contribution >= 4 is 10.9 Å². The Hall–Kier alpha value is -0.950. The topological polar surface area (TPSA) is 0 Å². The minimum Gasteiger partial charge on any atom is -0.0991 e. The van der Waals surface area contributed by atoms with Crippen molar-refractivity contribution in [3.8, 4) is 0 Å². The van der Waals surface area contributed by atoms with E-state index in [-0.39, 0.29) is 0 Å². The molecule has 0 fully saturated rings. The van der Waals surface area contributed by atoms with E-state index in [1.165, 1.54) is 48.5 Å². The largest absolute Gasteiger partial charge is 0.133 e. The van der Waals surface area contributed by atoms with Crippen LogP contribution in [0.2, 0.25) is 0 Å². The molecule has 0 aromatic heterocycles. The van der Waals surface area contributed by atoms with Crippen LogP contribution >= 0.6 is 0 Å². The second kappa shape index (κ2) is 14.5. The number of rotatable bonds is 9. The highest BCUT2D eigenvalue weighted by Gasteiger charge is 2.16. The molecular formula is C19H31S+. The minimum absolute atomic E-state index is 0.625. The molecule has 0 nitrogen and oxygen atoms in total. The van der Waals surface area contributed by atoms with Gasteiger partial charge in [0.15, 0.2) is 0 Å². The highest BCUT2D eigenvalue weighted by molar-refractivity contribution is 7.96. The lowest BCUT2D eigenvalue weighted by Gasteiger charge is -2.08. The molecule has 1 heteroatoms. The lowest BCUT2D eigenvalue weighted by atomic mass is 10.2. The van der Waals surface area contributed by atoms with Gasteiger partial charge in [-0.05, 0) is 23.7 Å². The van der Waals surface area contributed by atoms with Gasteiger partial charge in [0, 0.05) is 5.56 Å². The molecule has 1 aromatic carbocycles. The van der Waals surface area contributed by atoms with Crippen molar-refractivity contribution < 1.29 is 0 Å². The fourth-order valence-electron chi connectivity index (χ4n) is 1.75. The van der Waals surface area contributed by atoms with Gasteiger partial charge in [0.1, 0.15) is 17.3 Å². The molecule has 0 saturated carbocycles. The first-order chi connectivity index (χ1) is 9.78. The molecule has 1 aromatic rings. The van der Waals surface area contributed by atoms with Crippen LogP contribution in [0.15, 0.2) is 55.6 Å². The molecule has 0 unspecified atom stereocenters. The third-order valence-corrected chi connectivity index (χ3v) is 5.43. The Labute approximate surface area is 129 Å². The highest BCUT2D eigenvalue weighted by Crippen LogP contribution is 2.13. The van der Waals surface area contributed by atoms with Crippen molar-refractivity contribution in [2.24, 2.45) is 0 Å². The second-order valence-corrected chi connectivity index (χ2v) is 7.16. The van der Waals surface area contributed by atoms with Gasteiger partial charge >= 0.3 is 0 Å². The van der Waals surface area contributed by atoms with Crippen LogP contribution in [-0.4, -0.2) is 11.5 Å². The minimum atomic E-state index is 0.625. The predicted octanol–water partition coefficient (Wildman–Crippen LogP) is 5.76. The summed E-state index contributed by atoms with van der Waals surface area (Å²) in [4.78, 5) is 0. The van der Waals surface area contributed by atoms with Crippen molar-refractivity contribution in [1.29, 1.82) is 0 Å². The summed E-state index contributed by atoms with van der Waals surface area (Å²) >= 11 is 0. The third kappa shape index (κ3) is 10.9. The number of hydrogen-bond donors (Lipinski definition) is 0. The maximum Gasteiger partial charge on any atom is 0.133 e. The van der Waals surface area contributed by atoms with Crippen LogP contribution in [0.4, 0.5) is 0 Å². The summed E-state index contributed by atoms with van der Waals surface area (Å²) < 4.78 is 0. The summed E-state index contributed by atoms with van der Waals surface area (Å²) in [6.07, 6.45) is 8.76. The zero-order chi connectivity index (χ0) is 15.1. The van der Waals surface area contributed by atoms with E-state index >= 15 is 0 Å². The van der Waals surface area contributed by atoms with E-state index in [1.54, 1.807) is 12.2 Å². The van der Waals surface area contributed by atoms with E-state index in [2.05, 4.69) is 57.3 Å². The molecule has 0 N–H and O–H groups in total. The maximum atomic E-state index is 3.36. The van der Waals surface area contributed by atoms with Gasteiger partial charge in [-0.15, -0.1) is 0 Å². The predicted molar refractivity (Wildman–Crippen MR) is 97.5 cm³/mol. The standard InChI is InChI=1S/C15H25S.C4H6/c1-3-5-12-16(13-6-4-2)14-15-10-8-7-9-11-15;1-3-4-2/h7-11H,3-6,12-14H2,1-2H3;3-4H,1-2H2/q+1;. The molecular weight excluding hydrogens is 260 g/mol. The molecule has 112 valence electrons. The van der Waals surface area contributed by atoms with Crippen molar-refractivity contribution in [2.45, 2.75) is 45.3 Å². The molecule has 0 radical (unpaired) electrons. The van der Waals surface area contributed by atoms with Crippen molar-refractivity contribution in [1.82, 2.24) is 0 Å². The Morgan fingerprint density at radius 2 is 1.40 bits per heavy atom. The normalized spacial score (nSPS) is 9.75. The third-order valence-electron chi connectivity index (χ3n) is 2.95. The van der Waals surface area contributed by atoms with Crippen molar-refractivity contribution in [2.75, 3.05) is 11.5 Å². The first-order valence-corrected chi connectivity index (χ1v) is 9.43. The van der Waals surface area contributed by atoms with Crippen molar-refractivity contribution in [3.63, 3.8) is 0 Å². The fraction of sp³-hybridized carbons (Fsp3) is 0.474. The Kier molecular flexibility index (Phi) is 13.8. The molecule has 0 amide bonds. The molecule has 0 atom stereocenters. The van der Waals surface area contributed by atoms with E-state index in [9.17, 15) is 0 Å². The summed E-state index contributed by atoms with van der Waals surface area (Å²) in [5.41, 5.74) is 1.53. The zero-order valence-electron chi connectivity index (χ0n) is 13.3. The van der Waals surface area contributed by atoms with Gasteiger partial charge in [0.25, 0.3) is 0 Å². The monoisotopic (exact) mass is 291 g/mol. The summed E-state index contributed by atoms with van der Waals surface area (Å²) in [5, 5.41) is 0. The van der Waals surface area contributed by atoms with E-state index in [1.807, 2.05) is 0 Å². The number of benzene rings is 1. The van der Waals surface area contributed by atoms with E-state index in [4.69, 9.17) is 0 Å². The van der Waals surface area contributed by atoms with Crippen LogP contribution in [0.5, 0.6) is 0 Å². The molecule has 0 heterocycles. The SMILES string of the molecule is C=CC=C.CCCC[S+](CCCC)Cc1ccccc1. The Morgan fingerprint density at radius 1 is 0.900 bits per heavy atom. The Balaban J connectivity index is 0.000000796. The van der Waals surface area contributed by atoms with Crippen LogP contribution in [0, 0.1) is 0 Å². The molecule has 0 spiro atoms. The van der Waals surface area contributed by atoms with Crippen LogP contribution in [0.1, 0.15) is 45.1 Å². The van der Waals surface area contributed by atoms with Crippen molar-refractivity contribution in [3.05, 3.63) is 61.2 Å². The lowest BCUT2D eigenvalue weighted by Crippen LogP contribution is -2.14. The van der Waals surface area contributed by atoms with Crippen LogP contribution < -0.4 is 0 Å². The number of unbranched alkanes of at least 4 members (excludes halogenated alkanes) is 2. The average molecular weight is 292 g/mol. The molecule has 0 aliphatic carbocycles. The molecule has 1 rings (SSSR count). The summed E-state index contributed by atoms with van der Waals surface area (Å²) in [5.74, 6) is 4.18. The van der Waals surface area contributed by atoms with Crippen LogP contribution in [0.25, 0.3) is 0 Å². The summed E-state index contributed by atoms with van der Waals surface area (Å²) in [6.45, 7) is 11.3. The smallest absolute Gasteiger partial charge is 0.0991 e. The molecule has 20 heavy (non-hydrogen) atoms. The van der Waals surface area contributed by atoms with Crippen LogP contribution in [-0.2, 0) is 16.6 Å². The zero-order valence-corrected chi connectivity index (χ0v) is 14.1. The fourth-order valence-corrected chi connectivity index (χ4v) is 4.30. The van der Waals surface area contributed by atoms with Crippen LogP contribution in [0.3, 0.4) is 0 Å². The van der Waals surface area contributed by atoms with Gasteiger partial charge in [-0.2, -0.15) is 0 Å². The van der Waals surface area contributed by atoms with Gasteiger partial charge in [0.05, 0.1) is 0 Å². The summed E-state index contributed by atoms with van der Waals surface area (Å²) in [7, 11) is 0.625. The average Bonchev–Trinajstić information content (AvgIpc) is 2.51.